The minimum absolute atomic E-state index is 0.00817. The lowest BCUT2D eigenvalue weighted by molar-refractivity contribution is 0.359. The first-order valence-electron chi connectivity index (χ1n) is 5.68. The molecule has 5 heteroatoms. The van der Waals surface area contributed by atoms with E-state index in [4.69, 9.17) is 5.26 Å². The van der Waals surface area contributed by atoms with Crippen LogP contribution in [0.25, 0.3) is 0 Å². The molecule has 0 heterocycles. The topological polar surface area (TPSA) is 70.0 Å². The highest BCUT2D eigenvalue weighted by atomic mass is 32.2. The van der Waals surface area contributed by atoms with Crippen molar-refractivity contribution in [2.45, 2.75) is 57.2 Å². The van der Waals surface area contributed by atoms with Gasteiger partial charge in [0.15, 0.2) is 0 Å². The van der Waals surface area contributed by atoms with Gasteiger partial charge < -0.3 is 0 Å². The second kappa shape index (κ2) is 4.72. The summed E-state index contributed by atoms with van der Waals surface area (Å²) in [6.07, 6.45) is 3.14. The largest absolute Gasteiger partial charge is 0.216 e. The molecule has 16 heavy (non-hydrogen) atoms. The van der Waals surface area contributed by atoms with Crippen LogP contribution in [0.3, 0.4) is 0 Å². The van der Waals surface area contributed by atoms with Gasteiger partial charge in [0.05, 0.1) is 10.8 Å². The maximum atomic E-state index is 11.9. The predicted molar refractivity (Wildman–Crippen MR) is 63.2 cm³/mol. The summed E-state index contributed by atoms with van der Waals surface area (Å²) in [5.41, 5.74) is 0. The Morgan fingerprint density at radius 1 is 1.19 bits per heavy atom. The predicted octanol–water partition coefficient (Wildman–Crippen LogP) is 1.79. The molecule has 1 rings (SSSR count). The van der Waals surface area contributed by atoms with Crippen LogP contribution in [-0.2, 0) is 10.0 Å². The highest BCUT2D eigenvalue weighted by molar-refractivity contribution is 7.90. The van der Waals surface area contributed by atoms with Gasteiger partial charge in [0.25, 0.3) is 0 Å². The van der Waals surface area contributed by atoms with E-state index in [9.17, 15) is 8.42 Å². The number of nitrogens with zero attached hydrogens (tertiary/aromatic N) is 1. The number of sulfonamides is 1. The highest BCUT2D eigenvalue weighted by Gasteiger charge is 2.32. The van der Waals surface area contributed by atoms with Crippen molar-refractivity contribution in [1.82, 2.24) is 4.72 Å². The molecule has 1 fully saturated rings. The smallest absolute Gasteiger partial charge is 0.212 e. The summed E-state index contributed by atoms with van der Waals surface area (Å²) in [5.74, 6) is 0.107. The quantitative estimate of drug-likeness (QED) is 0.805. The highest BCUT2D eigenvalue weighted by Crippen LogP contribution is 2.25. The first-order chi connectivity index (χ1) is 7.26. The summed E-state index contributed by atoms with van der Waals surface area (Å²) in [7, 11) is -3.25. The molecular weight excluding hydrogens is 224 g/mol. The molecule has 0 aromatic carbocycles. The van der Waals surface area contributed by atoms with Crippen LogP contribution >= 0.6 is 0 Å². The van der Waals surface area contributed by atoms with E-state index in [0.29, 0.717) is 0 Å². The van der Waals surface area contributed by atoms with E-state index in [1.165, 1.54) is 0 Å². The third-order valence-electron chi connectivity index (χ3n) is 3.04. The molecule has 0 unspecified atom stereocenters. The molecule has 1 N–H and O–H groups in total. The maximum Gasteiger partial charge on any atom is 0.216 e. The lowest BCUT2D eigenvalue weighted by atomic mass is 9.88. The van der Waals surface area contributed by atoms with E-state index < -0.39 is 14.8 Å². The molecule has 0 saturated heterocycles. The van der Waals surface area contributed by atoms with Crippen LogP contribution < -0.4 is 4.72 Å². The Bertz CT molecular complexity index is 368. The molecular formula is C11H20N2O2S. The summed E-state index contributed by atoms with van der Waals surface area (Å²) in [6.45, 7) is 5.07. The van der Waals surface area contributed by atoms with Gasteiger partial charge in [-0.25, -0.2) is 13.1 Å². The van der Waals surface area contributed by atoms with Gasteiger partial charge in [0.1, 0.15) is 0 Å². The Kier molecular flexibility index (Phi) is 3.97. The molecule has 0 aromatic heterocycles. The Labute approximate surface area is 98.1 Å². The van der Waals surface area contributed by atoms with Crippen LogP contribution in [0.5, 0.6) is 0 Å². The summed E-state index contributed by atoms with van der Waals surface area (Å²) in [5, 5.41) is 8.75. The zero-order valence-corrected chi connectivity index (χ0v) is 11.0. The maximum absolute atomic E-state index is 11.9. The molecule has 1 saturated carbocycles. The van der Waals surface area contributed by atoms with Crippen LogP contribution in [0.15, 0.2) is 0 Å². The van der Waals surface area contributed by atoms with Gasteiger partial charge in [-0.1, -0.05) is 0 Å². The number of nitriles is 1. The standard InChI is InChI=1S/C11H20N2O2S/c1-11(2,3)16(14,15)13-10-6-4-9(8-12)5-7-10/h9-10,13H,4-7H2,1-3H3. The Morgan fingerprint density at radius 2 is 1.69 bits per heavy atom. The molecule has 4 nitrogen and oxygen atoms in total. The lowest BCUT2D eigenvalue weighted by Gasteiger charge is -2.29. The zero-order valence-electron chi connectivity index (χ0n) is 10.2. The van der Waals surface area contributed by atoms with Gasteiger partial charge in [-0.05, 0) is 46.5 Å². The van der Waals surface area contributed by atoms with Crippen LogP contribution in [0, 0.1) is 17.2 Å². The second-order valence-electron chi connectivity index (χ2n) is 5.41. The van der Waals surface area contributed by atoms with E-state index >= 15 is 0 Å². The fourth-order valence-corrected chi connectivity index (χ4v) is 2.76. The number of hydrogen-bond acceptors (Lipinski definition) is 3. The summed E-state index contributed by atoms with van der Waals surface area (Å²) in [4.78, 5) is 0. The van der Waals surface area contributed by atoms with Crippen molar-refractivity contribution in [1.29, 1.82) is 5.26 Å². The second-order valence-corrected chi connectivity index (χ2v) is 7.88. The van der Waals surface area contributed by atoms with E-state index in [1.807, 2.05) is 0 Å². The van der Waals surface area contributed by atoms with Gasteiger partial charge in [-0.2, -0.15) is 5.26 Å². The molecule has 0 radical (unpaired) electrons. The van der Waals surface area contributed by atoms with Crippen molar-refractivity contribution in [3.63, 3.8) is 0 Å². The van der Waals surface area contributed by atoms with Crippen molar-refractivity contribution in [3.05, 3.63) is 0 Å². The van der Waals surface area contributed by atoms with Crippen molar-refractivity contribution >= 4 is 10.0 Å². The van der Waals surface area contributed by atoms with Crippen molar-refractivity contribution < 1.29 is 8.42 Å². The van der Waals surface area contributed by atoms with Crippen LogP contribution in [-0.4, -0.2) is 19.2 Å². The third kappa shape index (κ3) is 3.19. The Hall–Kier alpha value is -0.600. The van der Waals surface area contributed by atoms with E-state index in [2.05, 4.69) is 10.8 Å². The molecule has 0 amide bonds. The van der Waals surface area contributed by atoms with Gasteiger partial charge in [0, 0.05) is 12.0 Å². The first-order valence-corrected chi connectivity index (χ1v) is 7.16. The molecule has 0 bridgehead atoms. The molecule has 0 aliphatic heterocycles. The van der Waals surface area contributed by atoms with E-state index in [1.54, 1.807) is 20.8 Å². The molecule has 1 aliphatic carbocycles. The van der Waals surface area contributed by atoms with Crippen molar-refractivity contribution in [3.8, 4) is 6.07 Å². The van der Waals surface area contributed by atoms with E-state index in [0.717, 1.165) is 25.7 Å². The summed E-state index contributed by atoms with van der Waals surface area (Å²) in [6, 6.07) is 2.25. The zero-order chi connectivity index (χ0) is 12.4. The molecule has 92 valence electrons. The molecule has 1 aliphatic rings. The summed E-state index contributed by atoms with van der Waals surface area (Å²) >= 11 is 0. The van der Waals surface area contributed by atoms with Crippen molar-refractivity contribution in [2.75, 3.05) is 0 Å². The fraction of sp³-hybridized carbons (Fsp3) is 0.909. The fourth-order valence-electron chi connectivity index (χ4n) is 1.74. The molecule has 0 atom stereocenters. The normalized spacial score (nSPS) is 27.4. The third-order valence-corrected chi connectivity index (χ3v) is 5.29. The Morgan fingerprint density at radius 3 is 2.06 bits per heavy atom. The van der Waals surface area contributed by atoms with Gasteiger partial charge in [0.2, 0.25) is 10.0 Å². The van der Waals surface area contributed by atoms with Gasteiger partial charge in [-0.3, -0.25) is 0 Å². The van der Waals surface area contributed by atoms with Gasteiger partial charge >= 0.3 is 0 Å². The Balaban J connectivity index is 2.56. The number of rotatable bonds is 2. The average molecular weight is 244 g/mol. The van der Waals surface area contributed by atoms with Crippen LogP contribution in [0.1, 0.15) is 46.5 Å². The van der Waals surface area contributed by atoms with Gasteiger partial charge in [-0.15, -0.1) is 0 Å². The number of hydrogen-bond donors (Lipinski definition) is 1. The average Bonchev–Trinajstić information content (AvgIpc) is 2.16. The lowest BCUT2D eigenvalue weighted by Crippen LogP contribution is -2.45. The SMILES string of the molecule is CC(C)(C)S(=O)(=O)NC1CCC(C#N)CC1. The molecule has 0 aromatic rings. The minimum atomic E-state index is -3.25. The van der Waals surface area contributed by atoms with Crippen LogP contribution in [0.4, 0.5) is 0 Å². The molecule has 0 spiro atoms. The van der Waals surface area contributed by atoms with Crippen molar-refractivity contribution in [2.24, 2.45) is 5.92 Å². The van der Waals surface area contributed by atoms with Crippen LogP contribution in [0.2, 0.25) is 0 Å². The first kappa shape index (κ1) is 13.5. The van der Waals surface area contributed by atoms with E-state index in [-0.39, 0.29) is 12.0 Å². The summed E-state index contributed by atoms with van der Waals surface area (Å²) < 4.78 is 25.8. The monoisotopic (exact) mass is 244 g/mol. The minimum Gasteiger partial charge on any atom is -0.212 e. The number of nitrogens with one attached hydrogen (secondary N) is 1.